The summed E-state index contributed by atoms with van der Waals surface area (Å²) >= 11 is 1.60. The van der Waals surface area contributed by atoms with Crippen molar-refractivity contribution in [1.29, 1.82) is 0 Å². The Balaban J connectivity index is 0.000000290. The zero-order valence-electron chi connectivity index (χ0n) is 13.2. The normalized spacial score (nSPS) is 9.67. The van der Waals surface area contributed by atoms with Crippen LogP contribution >= 0.6 is 11.3 Å². The van der Waals surface area contributed by atoms with Crippen molar-refractivity contribution >= 4 is 28.4 Å². The van der Waals surface area contributed by atoms with Crippen molar-refractivity contribution in [2.75, 3.05) is 4.90 Å². The molecule has 0 radical (unpaired) electrons. The predicted octanol–water partition coefficient (Wildman–Crippen LogP) is 6.30. The summed E-state index contributed by atoms with van der Waals surface area (Å²) in [6.45, 7) is 0. The van der Waals surface area contributed by atoms with E-state index in [1.165, 1.54) is 17.1 Å². The van der Waals surface area contributed by atoms with Gasteiger partial charge in [-0.2, -0.15) is 0 Å². The Labute approximate surface area is 146 Å². The molecule has 0 aliphatic carbocycles. The molecule has 0 fully saturated rings. The van der Waals surface area contributed by atoms with Crippen LogP contribution in [-0.2, 0) is 0 Å². The first kappa shape index (κ1) is 16.0. The van der Waals surface area contributed by atoms with E-state index in [-0.39, 0.29) is 0 Å². The third kappa shape index (κ3) is 4.31. The Kier molecular flexibility index (Phi) is 5.76. The summed E-state index contributed by atoms with van der Waals surface area (Å²) < 4.78 is 0. The minimum absolute atomic E-state index is 1.17. The number of hydrogen-bond acceptors (Lipinski definition) is 3. The average molecular weight is 330 g/mol. The van der Waals surface area contributed by atoms with Gasteiger partial charge in [0.15, 0.2) is 0 Å². The number of anilines is 3. The van der Waals surface area contributed by atoms with Crippen LogP contribution in [0.4, 0.5) is 17.1 Å². The van der Waals surface area contributed by atoms with Crippen LogP contribution in [0.5, 0.6) is 0 Å². The van der Waals surface area contributed by atoms with E-state index < -0.39 is 0 Å². The second-order valence-corrected chi connectivity index (χ2v) is 5.77. The van der Waals surface area contributed by atoms with E-state index in [1.807, 2.05) is 23.6 Å². The van der Waals surface area contributed by atoms with Crippen LogP contribution in [0, 0.1) is 0 Å². The number of aromatic nitrogens is 1. The van der Waals surface area contributed by atoms with E-state index in [0.717, 1.165) is 0 Å². The molecule has 0 aliphatic heterocycles. The molecular formula is C21H18N2S. The Morgan fingerprint density at radius 1 is 0.583 bits per heavy atom. The largest absolute Gasteiger partial charge is 0.311 e. The molecule has 1 aromatic heterocycles. The fraction of sp³-hybridized carbons (Fsp3) is 0. The molecule has 0 bridgehead atoms. The van der Waals surface area contributed by atoms with Gasteiger partial charge >= 0.3 is 0 Å². The predicted molar refractivity (Wildman–Crippen MR) is 103 cm³/mol. The molecule has 0 aliphatic rings. The Morgan fingerprint density at radius 3 is 1.25 bits per heavy atom. The summed E-state index contributed by atoms with van der Waals surface area (Å²) in [5.74, 6) is 0. The lowest BCUT2D eigenvalue weighted by Crippen LogP contribution is -2.09. The lowest BCUT2D eigenvalue weighted by molar-refractivity contribution is 1.28. The van der Waals surface area contributed by atoms with Gasteiger partial charge in [-0.25, -0.2) is 0 Å². The van der Waals surface area contributed by atoms with Gasteiger partial charge in [-0.1, -0.05) is 54.6 Å². The number of nitrogens with zero attached hydrogens (tertiary/aromatic N) is 2. The lowest BCUT2D eigenvalue weighted by Gasteiger charge is -2.25. The summed E-state index contributed by atoms with van der Waals surface area (Å²) in [5.41, 5.74) is 5.29. The molecule has 4 rings (SSSR count). The van der Waals surface area contributed by atoms with Crippen LogP contribution < -0.4 is 4.90 Å². The summed E-state index contributed by atoms with van der Waals surface area (Å²) in [5, 5.41) is 1.93. The van der Waals surface area contributed by atoms with E-state index in [9.17, 15) is 0 Å². The molecule has 4 aromatic rings. The molecule has 0 amide bonds. The summed E-state index contributed by atoms with van der Waals surface area (Å²) in [7, 11) is 0. The fourth-order valence-corrected chi connectivity index (χ4v) is 2.71. The molecule has 0 saturated heterocycles. The van der Waals surface area contributed by atoms with Gasteiger partial charge in [0.2, 0.25) is 0 Å². The van der Waals surface area contributed by atoms with Gasteiger partial charge in [-0.05, 0) is 36.4 Å². The monoisotopic (exact) mass is 330 g/mol. The van der Waals surface area contributed by atoms with Crippen molar-refractivity contribution in [3.05, 3.63) is 108 Å². The molecule has 24 heavy (non-hydrogen) atoms. The maximum atomic E-state index is 3.74. The number of para-hydroxylation sites is 3. The first-order chi connectivity index (χ1) is 11.9. The standard InChI is InChI=1S/C18H15N.C3H3NS/c1-4-10-16(11-5-1)19(17-12-6-2-7-13-17)18-14-8-3-9-15-18;1-2-5-3-4-1/h1-15H;1-3H. The van der Waals surface area contributed by atoms with Crippen molar-refractivity contribution in [1.82, 2.24) is 4.98 Å². The van der Waals surface area contributed by atoms with E-state index in [4.69, 9.17) is 0 Å². The first-order valence-electron chi connectivity index (χ1n) is 7.72. The van der Waals surface area contributed by atoms with E-state index in [2.05, 4.69) is 82.7 Å². The molecular weight excluding hydrogens is 312 g/mol. The van der Waals surface area contributed by atoms with Crippen LogP contribution in [0.25, 0.3) is 0 Å². The van der Waals surface area contributed by atoms with Crippen molar-refractivity contribution in [3.8, 4) is 0 Å². The SMILES string of the molecule is c1ccc(N(c2ccccc2)c2ccccc2)cc1.c1cscn1. The zero-order valence-corrected chi connectivity index (χ0v) is 14.0. The van der Waals surface area contributed by atoms with E-state index >= 15 is 0 Å². The Hall–Kier alpha value is -2.91. The minimum Gasteiger partial charge on any atom is -0.311 e. The molecule has 118 valence electrons. The van der Waals surface area contributed by atoms with E-state index in [0.29, 0.717) is 0 Å². The van der Waals surface area contributed by atoms with Gasteiger partial charge in [0.1, 0.15) is 0 Å². The van der Waals surface area contributed by atoms with Crippen LogP contribution in [0.15, 0.2) is 108 Å². The highest BCUT2D eigenvalue weighted by Gasteiger charge is 2.10. The van der Waals surface area contributed by atoms with Gasteiger partial charge in [0.25, 0.3) is 0 Å². The molecule has 0 spiro atoms. The molecule has 2 nitrogen and oxygen atoms in total. The molecule has 0 N–H and O–H groups in total. The molecule has 0 atom stereocenters. The van der Waals surface area contributed by atoms with E-state index in [1.54, 1.807) is 23.0 Å². The van der Waals surface area contributed by atoms with Crippen LogP contribution in [-0.4, -0.2) is 4.98 Å². The van der Waals surface area contributed by atoms with Gasteiger partial charge < -0.3 is 4.90 Å². The topological polar surface area (TPSA) is 16.1 Å². The molecule has 0 unspecified atom stereocenters. The average Bonchev–Trinajstić information content (AvgIpc) is 3.25. The third-order valence-electron chi connectivity index (χ3n) is 3.39. The maximum Gasteiger partial charge on any atom is 0.0791 e. The van der Waals surface area contributed by atoms with Crippen LogP contribution in [0.3, 0.4) is 0 Å². The number of benzene rings is 3. The van der Waals surface area contributed by atoms with Gasteiger partial charge in [-0.15, -0.1) is 11.3 Å². The summed E-state index contributed by atoms with van der Waals surface area (Å²) in [6.07, 6.45) is 1.77. The summed E-state index contributed by atoms with van der Waals surface area (Å²) in [6, 6.07) is 31.3. The fourth-order valence-electron chi connectivity index (χ4n) is 2.35. The van der Waals surface area contributed by atoms with Crippen LogP contribution in [0.1, 0.15) is 0 Å². The maximum absolute atomic E-state index is 3.74. The quantitative estimate of drug-likeness (QED) is 0.438. The van der Waals surface area contributed by atoms with Gasteiger partial charge in [0.05, 0.1) is 5.51 Å². The highest BCUT2D eigenvalue weighted by Crippen LogP contribution is 2.33. The highest BCUT2D eigenvalue weighted by atomic mass is 32.1. The molecule has 1 heterocycles. The third-order valence-corrected chi connectivity index (χ3v) is 3.91. The second-order valence-electron chi connectivity index (χ2n) is 5.02. The molecule has 3 heteroatoms. The highest BCUT2D eigenvalue weighted by molar-refractivity contribution is 7.07. The van der Waals surface area contributed by atoms with Gasteiger partial charge in [0, 0.05) is 28.6 Å². The summed E-state index contributed by atoms with van der Waals surface area (Å²) in [4.78, 5) is 5.99. The first-order valence-corrected chi connectivity index (χ1v) is 8.67. The van der Waals surface area contributed by atoms with Crippen molar-refractivity contribution in [2.24, 2.45) is 0 Å². The number of thiazole rings is 1. The Bertz CT molecular complexity index is 689. The lowest BCUT2D eigenvalue weighted by atomic mass is 10.2. The molecule has 3 aromatic carbocycles. The smallest absolute Gasteiger partial charge is 0.0791 e. The zero-order chi connectivity index (χ0) is 16.5. The van der Waals surface area contributed by atoms with Crippen molar-refractivity contribution in [3.63, 3.8) is 0 Å². The van der Waals surface area contributed by atoms with Crippen LogP contribution in [0.2, 0.25) is 0 Å². The number of rotatable bonds is 3. The van der Waals surface area contributed by atoms with Crippen molar-refractivity contribution < 1.29 is 0 Å². The number of hydrogen-bond donors (Lipinski definition) is 0. The van der Waals surface area contributed by atoms with Gasteiger partial charge in [-0.3, -0.25) is 4.98 Å². The molecule has 0 saturated carbocycles. The Morgan fingerprint density at radius 2 is 1.00 bits per heavy atom. The van der Waals surface area contributed by atoms with Crippen molar-refractivity contribution in [2.45, 2.75) is 0 Å². The minimum atomic E-state index is 1.17. The second kappa shape index (κ2) is 8.65.